The van der Waals surface area contributed by atoms with Gasteiger partial charge in [0, 0.05) is 13.2 Å². The Bertz CT molecular complexity index is 393. The van der Waals surface area contributed by atoms with E-state index in [0.29, 0.717) is 19.0 Å². The zero-order valence-electron chi connectivity index (χ0n) is 10.4. The summed E-state index contributed by atoms with van der Waals surface area (Å²) in [6.07, 6.45) is -2.15. The van der Waals surface area contributed by atoms with Crippen LogP contribution < -0.4 is 5.32 Å². The third kappa shape index (κ3) is 6.02. The molecule has 6 heteroatoms. The Labute approximate surface area is 109 Å². The number of rotatable bonds is 7. The topological polar surface area (TPSA) is 32.3 Å². The Balaban J connectivity index is 2.48. The van der Waals surface area contributed by atoms with Crippen LogP contribution in [-0.4, -0.2) is 18.3 Å². The van der Waals surface area contributed by atoms with Gasteiger partial charge in [-0.05, 0) is 49.6 Å². The van der Waals surface area contributed by atoms with E-state index in [1.807, 2.05) is 0 Å². The summed E-state index contributed by atoms with van der Waals surface area (Å²) in [5.41, 5.74) is -0.695. The number of hydrogen-bond acceptors (Lipinski definition) is 2. The van der Waals surface area contributed by atoms with E-state index in [-0.39, 0.29) is 18.7 Å². The first-order valence-electron chi connectivity index (χ1n) is 6.11. The number of aliphatic hydroxyl groups is 1. The Morgan fingerprint density at radius 2 is 1.79 bits per heavy atom. The van der Waals surface area contributed by atoms with Gasteiger partial charge >= 0.3 is 6.18 Å². The fraction of sp³-hybridized carbons (Fsp3) is 0.538. The molecule has 108 valence electrons. The quantitative estimate of drug-likeness (QED) is 0.594. The minimum atomic E-state index is -4.53. The van der Waals surface area contributed by atoms with Crippen molar-refractivity contribution in [3.63, 3.8) is 0 Å². The highest BCUT2D eigenvalue weighted by Crippen LogP contribution is 2.30. The normalized spacial score (nSPS) is 11.8. The zero-order valence-corrected chi connectivity index (χ0v) is 10.4. The summed E-state index contributed by atoms with van der Waals surface area (Å²) in [5, 5.41) is 11.5. The van der Waals surface area contributed by atoms with Gasteiger partial charge in [0.15, 0.2) is 0 Å². The van der Waals surface area contributed by atoms with E-state index in [1.54, 1.807) is 0 Å². The molecule has 0 bridgehead atoms. The van der Waals surface area contributed by atoms with Crippen LogP contribution in [-0.2, 0) is 12.7 Å². The van der Waals surface area contributed by atoms with Gasteiger partial charge in [-0.15, -0.1) is 0 Å². The van der Waals surface area contributed by atoms with Gasteiger partial charge in [0.2, 0.25) is 0 Å². The average Bonchev–Trinajstić information content (AvgIpc) is 2.32. The number of alkyl halides is 3. The van der Waals surface area contributed by atoms with Crippen molar-refractivity contribution in [2.24, 2.45) is 0 Å². The lowest BCUT2D eigenvalue weighted by Crippen LogP contribution is -2.16. The Kier molecular flexibility index (Phi) is 6.24. The molecule has 0 spiro atoms. The summed E-state index contributed by atoms with van der Waals surface area (Å²) in [6, 6.07) is 2.53. The number of hydrogen-bond donors (Lipinski definition) is 2. The fourth-order valence-electron chi connectivity index (χ4n) is 1.69. The van der Waals surface area contributed by atoms with Crippen molar-refractivity contribution in [3.8, 4) is 0 Å². The van der Waals surface area contributed by atoms with Crippen LogP contribution in [0.5, 0.6) is 0 Å². The lowest BCUT2D eigenvalue weighted by molar-refractivity contribution is -0.137. The second-order valence-corrected chi connectivity index (χ2v) is 4.31. The van der Waals surface area contributed by atoms with E-state index in [1.165, 1.54) is 0 Å². The molecule has 0 aliphatic carbocycles. The molecule has 0 aromatic heterocycles. The first-order chi connectivity index (χ1) is 8.93. The lowest BCUT2D eigenvalue weighted by Gasteiger charge is -2.10. The van der Waals surface area contributed by atoms with Crippen LogP contribution in [0.4, 0.5) is 17.6 Å². The van der Waals surface area contributed by atoms with Crippen molar-refractivity contribution in [2.75, 3.05) is 13.2 Å². The molecule has 0 saturated heterocycles. The Hall–Kier alpha value is -1.14. The molecule has 0 heterocycles. The predicted molar refractivity (Wildman–Crippen MR) is 64.0 cm³/mol. The highest BCUT2D eigenvalue weighted by molar-refractivity contribution is 5.26. The highest BCUT2D eigenvalue weighted by atomic mass is 19.4. The van der Waals surface area contributed by atoms with Gasteiger partial charge in [-0.25, -0.2) is 4.39 Å². The van der Waals surface area contributed by atoms with Gasteiger partial charge in [-0.1, -0.05) is 0 Å². The standard InChI is InChI=1S/C13H17F4NO/c14-12-7-10(6-11(8-12)13(15,16)17)9-18-4-2-1-3-5-19/h6-8,18-19H,1-5,9H2. The SMILES string of the molecule is OCCCCCNCc1cc(F)cc(C(F)(F)F)c1. The van der Waals surface area contributed by atoms with Crippen LogP contribution in [0.2, 0.25) is 0 Å². The van der Waals surface area contributed by atoms with E-state index in [0.717, 1.165) is 25.0 Å². The second-order valence-electron chi connectivity index (χ2n) is 4.31. The first-order valence-corrected chi connectivity index (χ1v) is 6.11. The average molecular weight is 279 g/mol. The third-order valence-electron chi connectivity index (χ3n) is 2.63. The van der Waals surface area contributed by atoms with Crippen molar-refractivity contribution >= 4 is 0 Å². The van der Waals surface area contributed by atoms with Crippen molar-refractivity contribution in [1.82, 2.24) is 5.32 Å². The number of aliphatic hydroxyl groups excluding tert-OH is 1. The van der Waals surface area contributed by atoms with Gasteiger partial charge < -0.3 is 10.4 Å². The van der Waals surface area contributed by atoms with Gasteiger partial charge in [0.05, 0.1) is 5.56 Å². The molecule has 1 aromatic rings. The maximum Gasteiger partial charge on any atom is 0.416 e. The molecule has 0 amide bonds. The Morgan fingerprint density at radius 3 is 2.42 bits per heavy atom. The molecule has 0 unspecified atom stereocenters. The van der Waals surface area contributed by atoms with Crippen molar-refractivity contribution in [3.05, 3.63) is 35.1 Å². The molecule has 0 saturated carbocycles. The first kappa shape index (κ1) is 15.9. The monoisotopic (exact) mass is 279 g/mol. The van der Waals surface area contributed by atoms with E-state index in [9.17, 15) is 17.6 Å². The largest absolute Gasteiger partial charge is 0.416 e. The smallest absolute Gasteiger partial charge is 0.396 e. The molecular weight excluding hydrogens is 262 g/mol. The summed E-state index contributed by atoms with van der Waals surface area (Å²) in [5.74, 6) is -0.882. The molecule has 1 aromatic carbocycles. The molecule has 0 radical (unpaired) electrons. The van der Waals surface area contributed by atoms with Crippen molar-refractivity contribution < 1.29 is 22.7 Å². The summed E-state index contributed by atoms with van der Waals surface area (Å²) in [7, 11) is 0. The molecule has 2 N–H and O–H groups in total. The zero-order chi connectivity index (χ0) is 14.3. The molecule has 0 aliphatic rings. The fourth-order valence-corrected chi connectivity index (χ4v) is 1.69. The minimum Gasteiger partial charge on any atom is -0.396 e. The van der Waals surface area contributed by atoms with Gasteiger partial charge in [0.1, 0.15) is 5.82 Å². The molecule has 0 atom stereocenters. The second kappa shape index (κ2) is 7.45. The molecule has 0 aliphatic heterocycles. The summed E-state index contributed by atoms with van der Waals surface area (Å²) >= 11 is 0. The van der Waals surface area contributed by atoms with Crippen LogP contribution in [0.1, 0.15) is 30.4 Å². The van der Waals surface area contributed by atoms with E-state index in [2.05, 4.69) is 5.32 Å². The molecular formula is C13H17F4NO. The van der Waals surface area contributed by atoms with Crippen LogP contribution in [0, 0.1) is 5.82 Å². The summed E-state index contributed by atoms with van der Waals surface area (Å²) < 4.78 is 50.5. The molecule has 2 nitrogen and oxygen atoms in total. The van der Waals surface area contributed by atoms with E-state index < -0.39 is 17.6 Å². The maximum atomic E-state index is 13.1. The third-order valence-corrected chi connectivity index (χ3v) is 2.63. The van der Waals surface area contributed by atoms with Crippen LogP contribution in [0.15, 0.2) is 18.2 Å². The number of halogens is 4. The van der Waals surface area contributed by atoms with Crippen molar-refractivity contribution in [2.45, 2.75) is 32.0 Å². The number of unbranched alkanes of at least 4 members (excludes halogenated alkanes) is 2. The predicted octanol–water partition coefficient (Wildman–Crippen LogP) is 3.10. The van der Waals surface area contributed by atoms with Crippen LogP contribution in [0.25, 0.3) is 0 Å². The van der Waals surface area contributed by atoms with Crippen LogP contribution in [0.3, 0.4) is 0 Å². The molecule has 0 fully saturated rings. The van der Waals surface area contributed by atoms with Gasteiger partial charge in [-0.2, -0.15) is 13.2 Å². The van der Waals surface area contributed by atoms with Gasteiger partial charge in [-0.3, -0.25) is 0 Å². The summed E-state index contributed by atoms with van der Waals surface area (Å²) in [4.78, 5) is 0. The van der Waals surface area contributed by atoms with Gasteiger partial charge in [0.25, 0.3) is 0 Å². The van der Waals surface area contributed by atoms with Crippen molar-refractivity contribution in [1.29, 1.82) is 0 Å². The van der Waals surface area contributed by atoms with E-state index >= 15 is 0 Å². The van der Waals surface area contributed by atoms with E-state index in [4.69, 9.17) is 5.11 Å². The number of nitrogens with one attached hydrogen (secondary N) is 1. The number of benzene rings is 1. The molecule has 19 heavy (non-hydrogen) atoms. The lowest BCUT2D eigenvalue weighted by atomic mass is 10.1. The maximum absolute atomic E-state index is 13.1. The summed E-state index contributed by atoms with van der Waals surface area (Å²) in [6.45, 7) is 0.955. The molecule has 1 rings (SSSR count). The Morgan fingerprint density at radius 1 is 1.05 bits per heavy atom. The minimum absolute atomic E-state index is 0.138. The highest BCUT2D eigenvalue weighted by Gasteiger charge is 2.31. The van der Waals surface area contributed by atoms with Crippen LogP contribution >= 0.6 is 0 Å².